The Morgan fingerprint density at radius 1 is 1.64 bits per heavy atom. The summed E-state index contributed by atoms with van der Waals surface area (Å²) in [5, 5.41) is 1.91. The predicted molar refractivity (Wildman–Crippen MR) is 58.7 cm³/mol. The molecule has 0 aliphatic rings. The second kappa shape index (κ2) is 4.46. The van der Waals surface area contributed by atoms with E-state index in [1.807, 2.05) is 26.2 Å². The van der Waals surface area contributed by atoms with Gasteiger partial charge in [-0.2, -0.15) is 0 Å². The first-order valence-electron chi connectivity index (χ1n) is 4.63. The molecule has 0 fully saturated rings. The number of hydrogen-bond acceptors (Lipinski definition) is 4. The molecule has 0 spiro atoms. The summed E-state index contributed by atoms with van der Waals surface area (Å²) in [6.45, 7) is 5.65. The molecule has 1 aromatic heterocycles. The normalized spacial score (nSPS) is 10.6. The molecule has 0 unspecified atom stereocenters. The highest BCUT2D eigenvalue weighted by Crippen LogP contribution is 2.26. The molecule has 0 saturated heterocycles. The third kappa shape index (κ3) is 2.26. The average Bonchev–Trinajstić information content (AvgIpc) is 2.45. The molecule has 0 aromatic carbocycles. The maximum atomic E-state index is 11.5. The van der Waals surface area contributed by atoms with Crippen LogP contribution in [0.1, 0.15) is 36.0 Å². The van der Waals surface area contributed by atoms with Crippen LogP contribution in [-0.2, 0) is 11.2 Å². The summed E-state index contributed by atoms with van der Waals surface area (Å²) < 4.78 is 5.07. The molecule has 3 nitrogen and oxygen atoms in total. The van der Waals surface area contributed by atoms with E-state index in [4.69, 9.17) is 10.5 Å². The van der Waals surface area contributed by atoms with Crippen molar-refractivity contribution >= 4 is 23.0 Å². The molecule has 14 heavy (non-hydrogen) atoms. The quantitative estimate of drug-likeness (QED) is 0.785. The van der Waals surface area contributed by atoms with E-state index in [1.54, 1.807) is 0 Å². The fraction of sp³-hybridized carbons (Fsp3) is 0.500. The molecular formula is C10H15NO2S. The van der Waals surface area contributed by atoms with Crippen LogP contribution in [0.25, 0.3) is 0 Å². The SMILES string of the molecule is CCc1csc(C(=O)OC(C)C)c1N. The van der Waals surface area contributed by atoms with Gasteiger partial charge in [-0.05, 0) is 31.2 Å². The van der Waals surface area contributed by atoms with E-state index in [0.717, 1.165) is 12.0 Å². The molecule has 0 bridgehead atoms. The van der Waals surface area contributed by atoms with Crippen LogP contribution in [0.4, 0.5) is 5.69 Å². The molecule has 4 heteroatoms. The number of thiophene rings is 1. The van der Waals surface area contributed by atoms with Crippen LogP contribution in [0.2, 0.25) is 0 Å². The summed E-state index contributed by atoms with van der Waals surface area (Å²) in [5.41, 5.74) is 7.39. The minimum Gasteiger partial charge on any atom is -0.459 e. The molecule has 0 aliphatic heterocycles. The molecule has 78 valence electrons. The number of carbonyl (C=O) groups excluding carboxylic acids is 1. The second-order valence-corrected chi connectivity index (χ2v) is 4.19. The van der Waals surface area contributed by atoms with Crippen LogP contribution in [0.15, 0.2) is 5.38 Å². The number of hydrogen-bond donors (Lipinski definition) is 1. The van der Waals surface area contributed by atoms with Gasteiger partial charge in [0.25, 0.3) is 0 Å². The van der Waals surface area contributed by atoms with Crippen LogP contribution in [0, 0.1) is 0 Å². The van der Waals surface area contributed by atoms with Crippen molar-refractivity contribution in [2.75, 3.05) is 5.73 Å². The van der Waals surface area contributed by atoms with Gasteiger partial charge in [0.2, 0.25) is 0 Å². The number of anilines is 1. The number of ether oxygens (including phenoxy) is 1. The lowest BCUT2D eigenvalue weighted by atomic mass is 10.2. The number of esters is 1. The lowest BCUT2D eigenvalue weighted by Crippen LogP contribution is -2.11. The fourth-order valence-corrected chi connectivity index (χ4v) is 2.06. The van der Waals surface area contributed by atoms with Gasteiger partial charge in [0.05, 0.1) is 11.8 Å². The Hall–Kier alpha value is -1.03. The summed E-state index contributed by atoms with van der Waals surface area (Å²) in [6, 6.07) is 0. The van der Waals surface area contributed by atoms with Gasteiger partial charge in [0.1, 0.15) is 4.88 Å². The minimum absolute atomic E-state index is 0.103. The van der Waals surface area contributed by atoms with Crippen molar-refractivity contribution in [3.8, 4) is 0 Å². The Morgan fingerprint density at radius 2 is 2.29 bits per heavy atom. The first-order valence-corrected chi connectivity index (χ1v) is 5.51. The standard InChI is InChI=1S/C10H15NO2S/c1-4-7-5-14-9(8(7)11)10(12)13-6(2)3/h5-6H,4,11H2,1-3H3. The van der Waals surface area contributed by atoms with Gasteiger partial charge in [-0.1, -0.05) is 6.92 Å². The Bertz CT molecular complexity index is 331. The van der Waals surface area contributed by atoms with Crippen LogP contribution < -0.4 is 5.73 Å². The van der Waals surface area contributed by atoms with Gasteiger partial charge in [-0.15, -0.1) is 11.3 Å². The van der Waals surface area contributed by atoms with E-state index < -0.39 is 0 Å². The third-order valence-electron chi connectivity index (χ3n) is 1.82. The van der Waals surface area contributed by atoms with Crippen LogP contribution in [-0.4, -0.2) is 12.1 Å². The first kappa shape index (κ1) is 11.0. The summed E-state index contributed by atoms with van der Waals surface area (Å²) in [7, 11) is 0. The molecule has 2 N–H and O–H groups in total. The van der Waals surface area contributed by atoms with Gasteiger partial charge in [-0.3, -0.25) is 0 Å². The Kier molecular flexibility index (Phi) is 3.52. The van der Waals surface area contributed by atoms with Crippen LogP contribution >= 0.6 is 11.3 Å². The zero-order chi connectivity index (χ0) is 10.7. The van der Waals surface area contributed by atoms with Gasteiger partial charge in [0, 0.05) is 0 Å². The highest BCUT2D eigenvalue weighted by molar-refractivity contribution is 7.12. The number of aryl methyl sites for hydroxylation is 1. The number of nitrogen functional groups attached to an aromatic ring is 1. The van der Waals surface area contributed by atoms with E-state index in [9.17, 15) is 4.79 Å². The van der Waals surface area contributed by atoms with E-state index >= 15 is 0 Å². The fourth-order valence-electron chi connectivity index (χ4n) is 1.10. The maximum Gasteiger partial charge on any atom is 0.350 e. The Balaban J connectivity index is 2.85. The monoisotopic (exact) mass is 213 g/mol. The van der Waals surface area contributed by atoms with E-state index in [-0.39, 0.29) is 12.1 Å². The van der Waals surface area contributed by atoms with Gasteiger partial charge in [0.15, 0.2) is 0 Å². The number of carbonyl (C=O) groups is 1. The Morgan fingerprint density at radius 3 is 2.71 bits per heavy atom. The minimum atomic E-state index is -0.317. The lowest BCUT2D eigenvalue weighted by Gasteiger charge is -2.06. The van der Waals surface area contributed by atoms with Gasteiger partial charge in [-0.25, -0.2) is 4.79 Å². The Labute approximate surface area is 87.9 Å². The third-order valence-corrected chi connectivity index (χ3v) is 2.84. The highest BCUT2D eigenvalue weighted by Gasteiger charge is 2.16. The summed E-state index contributed by atoms with van der Waals surface area (Å²) >= 11 is 1.35. The van der Waals surface area contributed by atoms with E-state index in [2.05, 4.69) is 0 Å². The van der Waals surface area contributed by atoms with E-state index in [1.165, 1.54) is 11.3 Å². The molecule has 1 aromatic rings. The van der Waals surface area contributed by atoms with Gasteiger partial charge < -0.3 is 10.5 Å². The smallest absolute Gasteiger partial charge is 0.350 e. The van der Waals surface area contributed by atoms with Crippen molar-refractivity contribution in [3.05, 3.63) is 15.8 Å². The summed E-state index contributed by atoms with van der Waals surface area (Å²) in [5.74, 6) is -0.317. The van der Waals surface area contributed by atoms with Crippen molar-refractivity contribution in [1.82, 2.24) is 0 Å². The molecule has 1 heterocycles. The molecule has 0 amide bonds. The number of nitrogens with two attached hydrogens (primary N) is 1. The average molecular weight is 213 g/mol. The summed E-state index contributed by atoms with van der Waals surface area (Å²) in [6.07, 6.45) is 0.742. The molecule has 0 radical (unpaired) electrons. The van der Waals surface area contributed by atoms with Crippen LogP contribution in [0.3, 0.4) is 0 Å². The largest absolute Gasteiger partial charge is 0.459 e. The molecule has 1 rings (SSSR count). The zero-order valence-corrected chi connectivity index (χ0v) is 9.48. The molecule has 0 atom stereocenters. The molecule has 0 saturated carbocycles. The van der Waals surface area contributed by atoms with Crippen molar-refractivity contribution < 1.29 is 9.53 Å². The molecular weight excluding hydrogens is 198 g/mol. The predicted octanol–water partition coefficient (Wildman–Crippen LogP) is 2.46. The van der Waals surface area contributed by atoms with Crippen molar-refractivity contribution in [1.29, 1.82) is 0 Å². The lowest BCUT2D eigenvalue weighted by molar-refractivity contribution is 0.0385. The highest BCUT2D eigenvalue weighted by atomic mass is 32.1. The van der Waals surface area contributed by atoms with E-state index in [0.29, 0.717) is 10.6 Å². The van der Waals surface area contributed by atoms with Crippen molar-refractivity contribution in [2.45, 2.75) is 33.3 Å². The zero-order valence-electron chi connectivity index (χ0n) is 8.66. The topological polar surface area (TPSA) is 52.3 Å². The summed E-state index contributed by atoms with van der Waals surface area (Å²) in [4.78, 5) is 12.0. The maximum absolute atomic E-state index is 11.5. The molecule has 0 aliphatic carbocycles. The number of rotatable bonds is 3. The second-order valence-electron chi connectivity index (χ2n) is 3.31. The van der Waals surface area contributed by atoms with Crippen molar-refractivity contribution in [3.63, 3.8) is 0 Å². The van der Waals surface area contributed by atoms with Crippen LogP contribution in [0.5, 0.6) is 0 Å². The van der Waals surface area contributed by atoms with Gasteiger partial charge >= 0.3 is 5.97 Å². The van der Waals surface area contributed by atoms with Crippen molar-refractivity contribution in [2.24, 2.45) is 0 Å². The first-order chi connectivity index (χ1) is 6.56.